The molecule has 31 heavy (non-hydrogen) atoms. The van der Waals surface area contributed by atoms with Gasteiger partial charge in [0.25, 0.3) is 5.91 Å². The van der Waals surface area contributed by atoms with Crippen molar-refractivity contribution >= 4 is 15.9 Å². The van der Waals surface area contributed by atoms with Crippen molar-refractivity contribution < 1.29 is 17.9 Å². The molecule has 0 saturated carbocycles. The van der Waals surface area contributed by atoms with Gasteiger partial charge in [-0.1, -0.05) is 51.1 Å². The summed E-state index contributed by atoms with van der Waals surface area (Å²) in [6.45, 7) is 7.05. The van der Waals surface area contributed by atoms with Gasteiger partial charge in [-0.3, -0.25) is 4.79 Å². The van der Waals surface area contributed by atoms with Crippen molar-refractivity contribution in [1.29, 1.82) is 5.26 Å². The SMILES string of the molecule is CC(C)(C)c1ccccc1OCC(=O)N1CCN(S(=O)(=O)c2ccccc2C#N)CC1. The summed E-state index contributed by atoms with van der Waals surface area (Å²) in [4.78, 5) is 14.3. The quantitative estimate of drug-likeness (QED) is 0.712. The lowest BCUT2D eigenvalue weighted by Gasteiger charge is -2.34. The topological polar surface area (TPSA) is 90.7 Å². The third-order valence-corrected chi connectivity index (χ3v) is 7.22. The first-order valence-electron chi connectivity index (χ1n) is 10.1. The van der Waals surface area contributed by atoms with Crippen molar-refractivity contribution in [3.05, 3.63) is 59.7 Å². The molecule has 1 fully saturated rings. The highest BCUT2D eigenvalue weighted by atomic mass is 32.2. The molecule has 1 amide bonds. The summed E-state index contributed by atoms with van der Waals surface area (Å²) < 4.78 is 33.0. The molecular formula is C23H27N3O4S. The van der Waals surface area contributed by atoms with Crippen molar-refractivity contribution in [3.8, 4) is 11.8 Å². The fourth-order valence-corrected chi connectivity index (χ4v) is 5.11. The van der Waals surface area contributed by atoms with Gasteiger partial charge >= 0.3 is 0 Å². The molecule has 0 aromatic heterocycles. The molecule has 2 aromatic carbocycles. The van der Waals surface area contributed by atoms with Gasteiger partial charge in [0.2, 0.25) is 10.0 Å². The predicted molar refractivity (Wildman–Crippen MR) is 117 cm³/mol. The Morgan fingerprint density at radius 1 is 1.03 bits per heavy atom. The van der Waals surface area contributed by atoms with Crippen LogP contribution >= 0.6 is 0 Å². The molecule has 2 aromatic rings. The Morgan fingerprint density at radius 3 is 2.29 bits per heavy atom. The zero-order chi connectivity index (χ0) is 22.6. The van der Waals surface area contributed by atoms with Crippen LogP contribution < -0.4 is 4.74 Å². The van der Waals surface area contributed by atoms with Gasteiger partial charge in [0.1, 0.15) is 11.8 Å². The van der Waals surface area contributed by atoms with Crippen molar-refractivity contribution in [2.45, 2.75) is 31.1 Å². The highest BCUT2D eigenvalue weighted by Crippen LogP contribution is 2.31. The molecule has 1 heterocycles. The molecule has 0 aliphatic carbocycles. The maximum Gasteiger partial charge on any atom is 0.260 e. The maximum absolute atomic E-state index is 12.9. The summed E-state index contributed by atoms with van der Waals surface area (Å²) >= 11 is 0. The molecule has 0 spiro atoms. The average Bonchev–Trinajstić information content (AvgIpc) is 2.77. The molecule has 0 radical (unpaired) electrons. The molecule has 164 valence electrons. The van der Waals surface area contributed by atoms with E-state index in [1.165, 1.54) is 16.4 Å². The molecular weight excluding hydrogens is 414 g/mol. The maximum atomic E-state index is 12.9. The van der Waals surface area contributed by atoms with Crippen LogP contribution in [0.25, 0.3) is 0 Å². The fraction of sp³-hybridized carbons (Fsp3) is 0.391. The van der Waals surface area contributed by atoms with Crippen LogP contribution in [0.2, 0.25) is 0 Å². The zero-order valence-electron chi connectivity index (χ0n) is 18.0. The first-order valence-corrected chi connectivity index (χ1v) is 11.6. The van der Waals surface area contributed by atoms with Gasteiger partial charge in [-0.15, -0.1) is 0 Å². The Morgan fingerprint density at radius 2 is 1.65 bits per heavy atom. The van der Waals surface area contributed by atoms with Crippen LogP contribution in [0.15, 0.2) is 53.4 Å². The molecule has 1 aliphatic rings. The van der Waals surface area contributed by atoms with E-state index in [-0.39, 0.29) is 54.6 Å². The summed E-state index contributed by atoms with van der Waals surface area (Å²) in [6.07, 6.45) is 0. The summed E-state index contributed by atoms with van der Waals surface area (Å²) in [5.74, 6) is 0.496. The molecule has 8 heteroatoms. The standard InChI is InChI=1S/C23H27N3O4S/c1-23(2,3)19-9-5-6-10-20(19)30-17-22(27)25-12-14-26(15-13-25)31(28,29)21-11-7-4-8-18(21)16-24/h4-11H,12-15,17H2,1-3H3. The third-order valence-electron chi connectivity index (χ3n) is 5.26. The Hall–Kier alpha value is -2.89. The van der Waals surface area contributed by atoms with E-state index in [1.54, 1.807) is 17.0 Å². The minimum atomic E-state index is -3.79. The van der Waals surface area contributed by atoms with E-state index in [1.807, 2.05) is 30.3 Å². The normalized spacial score (nSPS) is 15.4. The molecule has 0 bridgehead atoms. The number of benzene rings is 2. The molecule has 1 saturated heterocycles. The van der Waals surface area contributed by atoms with Crippen LogP contribution in [-0.4, -0.2) is 56.3 Å². The summed E-state index contributed by atoms with van der Waals surface area (Å²) in [7, 11) is -3.79. The summed E-state index contributed by atoms with van der Waals surface area (Å²) in [5, 5.41) is 9.22. The number of ether oxygens (including phenoxy) is 1. The number of rotatable bonds is 5. The minimum absolute atomic E-state index is 0.000558. The second-order valence-electron chi connectivity index (χ2n) is 8.43. The second-order valence-corrected chi connectivity index (χ2v) is 10.3. The number of sulfonamides is 1. The number of nitriles is 1. The van der Waals surface area contributed by atoms with Crippen molar-refractivity contribution in [2.24, 2.45) is 0 Å². The van der Waals surface area contributed by atoms with Gasteiger partial charge in [0.05, 0.1) is 10.5 Å². The highest BCUT2D eigenvalue weighted by Gasteiger charge is 2.31. The van der Waals surface area contributed by atoms with Crippen LogP contribution in [0.3, 0.4) is 0 Å². The second kappa shape index (κ2) is 9.08. The van der Waals surface area contributed by atoms with Crippen molar-refractivity contribution in [3.63, 3.8) is 0 Å². The Labute approximate surface area is 183 Å². The fourth-order valence-electron chi connectivity index (χ4n) is 3.54. The number of nitrogens with zero attached hydrogens (tertiary/aromatic N) is 3. The minimum Gasteiger partial charge on any atom is -0.483 e. The van der Waals surface area contributed by atoms with E-state index in [4.69, 9.17) is 4.74 Å². The monoisotopic (exact) mass is 441 g/mol. The first-order chi connectivity index (χ1) is 14.6. The summed E-state index contributed by atoms with van der Waals surface area (Å²) in [6, 6.07) is 15.7. The van der Waals surface area contributed by atoms with Crippen molar-refractivity contribution in [1.82, 2.24) is 9.21 Å². The number of piperazine rings is 1. The molecule has 0 unspecified atom stereocenters. The number of carbonyl (C=O) groups excluding carboxylic acids is 1. The zero-order valence-corrected chi connectivity index (χ0v) is 18.9. The van der Waals surface area contributed by atoms with Crippen LogP contribution in [0, 0.1) is 11.3 Å². The summed E-state index contributed by atoms with van der Waals surface area (Å²) in [5.41, 5.74) is 1.03. The third kappa shape index (κ3) is 5.06. The number of hydrogen-bond acceptors (Lipinski definition) is 5. The smallest absolute Gasteiger partial charge is 0.260 e. The molecule has 3 rings (SSSR count). The largest absolute Gasteiger partial charge is 0.483 e. The molecule has 0 atom stereocenters. The lowest BCUT2D eigenvalue weighted by atomic mass is 9.86. The van der Waals surface area contributed by atoms with E-state index >= 15 is 0 Å². The van der Waals surface area contributed by atoms with E-state index < -0.39 is 10.0 Å². The number of hydrogen-bond donors (Lipinski definition) is 0. The van der Waals surface area contributed by atoms with Gasteiger partial charge in [0.15, 0.2) is 6.61 Å². The van der Waals surface area contributed by atoms with Gasteiger partial charge in [-0.2, -0.15) is 9.57 Å². The van der Waals surface area contributed by atoms with Crippen LogP contribution in [0.5, 0.6) is 5.75 Å². The van der Waals surface area contributed by atoms with Gasteiger partial charge in [0, 0.05) is 26.2 Å². The van der Waals surface area contributed by atoms with E-state index in [0.29, 0.717) is 5.75 Å². The Balaban J connectivity index is 1.62. The number of carbonyl (C=O) groups is 1. The molecule has 0 N–H and O–H groups in total. The average molecular weight is 442 g/mol. The predicted octanol–water partition coefficient (Wildman–Crippen LogP) is 2.77. The highest BCUT2D eigenvalue weighted by molar-refractivity contribution is 7.89. The van der Waals surface area contributed by atoms with Gasteiger partial charge < -0.3 is 9.64 Å². The lowest BCUT2D eigenvalue weighted by molar-refractivity contribution is -0.134. The lowest BCUT2D eigenvalue weighted by Crippen LogP contribution is -2.51. The van der Waals surface area contributed by atoms with Crippen molar-refractivity contribution in [2.75, 3.05) is 32.8 Å². The first kappa shape index (κ1) is 22.8. The van der Waals surface area contributed by atoms with E-state index in [0.717, 1.165) is 5.56 Å². The molecule has 1 aliphatic heterocycles. The van der Waals surface area contributed by atoms with E-state index in [9.17, 15) is 18.5 Å². The molecule has 7 nitrogen and oxygen atoms in total. The van der Waals surface area contributed by atoms with E-state index in [2.05, 4.69) is 20.8 Å². The van der Waals surface area contributed by atoms with Gasteiger partial charge in [-0.25, -0.2) is 8.42 Å². The van der Waals surface area contributed by atoms with Crippen LogP contribution in [-0.2, 0) is 20.2 Å². The number of para-hydroxylation sites is 1. The Bertz CT molecular complexity index is 1090. The van der Waals surface area contributed by atoms with Crippen LogP contribution in [0.1, 0.15) is 31.9 Å². The Kier molecular flexibility index (Phi) is 6.68. The van der Waals surface area contributed by atoms with Crippen LogP contribution in [0.4, 0.5) is 0 Å². The van der Waals surface area contributed by atoms with Gasteiger partial charge in [-0.05, 0) is 29.2 Å². The number of amides is 1.